The van der Waals surface area contributed by atoms with Gasteiger partial charge in [-0.15, -0.1) is 0 Å². The Labute approximate surface area is 181 Å². The minimum atomic E-state index is -3.54. The normalized spacial score (nSPS) is 16.1. The van der Waals surface area contributed by atoms with Crippen LogP contribution in [0.25, 0.3) is 10.2 Å². The number of hydrogen-bond acceptors (Lipinski definition) is 5. The van der Waals surface area contributed by atoms with E-state index in [1.165, 1.54) is 15.6 Å². The van der Waals surface area contributed by atoms with E-state index in [4.69, 9.17) is 0 Å². The quantitative estimate of drug-likeness (QED) is 0.653. The molecule has 1 aliphatic heterocycles. The molecule has 1 N–H and O–H groups in total. The summed E-state index contributed by atoms with van der Waals surface area (Å²) in [5.74, 6) is -0.307. The van der Waals surface area contributed by atoms with Gasteiger partial charge in [0.2, 0.25) is 15.9 Å². The first kappa shape index (κ1) is 21.0. The molecule has 0 unspecified atom stereocenters. The van der Waals surface area contributed by atoms with Crippen molar-refractivity contribution in [3.63, 3.8) is 0 Å². The fraction of sp³-hybridized carbons (Fsp3) is 0.364. The Morgan fingerprint density at radius 2 is 1.80 bits per heavy atom. The lowest BCUT2D eigenvalue weighted by Gasteiger charge is -2.30. The van der Waals surface area contributed by atoms with Crippen LogP contribution in [0.5, 0.6) is 0 Å². The molecule has 6 nitrogen and oxygen atoms in total. The van der Waals surface area contributed by atoms with Gasteiger partial charge in [-0.2, -0.15) is 4.31 Å². The Balaban J connectivity index is 1.40. The second-order valence-electron chi connectivity index (χ2n) is 7.90. The third-order valence-corrected chi connectivity index (χ3v) is 8.54. The standard InChI is InChI=1S/C22H25N3O3S2/c1-14-4-7-19-20(12-14)29-22(23-19)24-21(26)17-8-10-25(11-9-17)30(27,28)18-6-5-15(2)16(3)13-18/h4-7,12-13,17H,8-11H2,1-3H3,(H,23,24,26). The van der Waals surface area contributed by atoms with Crippen molar-refractivity contribution < 1.29 is 13.2 Å². The SMILES string of the molecule is Cc1ccc2nc(NC(=O)C3CCN(S(=O)(=O)c4ccc(C)c(C)c4)CC3)sc2c1. The zero-order valence-electron chi connectivity index (χ0n) is 17.3. The van der Waals surface area contributed by atoms with Crippen LogP contribution in [0.1, 0.15) is 29.5 Å². The van der Waals surface area contributed by atoms with Crippen LogP contribution >= 0.6 is 11.3 Å². The molecule has 2 aromatic carbocycles. The van der Waals surface area contributed by atoms with Gasteiger partial charge in [-0.1, -0.05) is 23.5 Å². The first-order valence-electron chi connectivity index (χ1n) is 9.99. The Bertz CT molecular complexity index is 1210. The van der Waals surface area contributed by atoms with Crippen LogP contribution in [0.15, 0.2) is 41.3 Å². The van der Waals surface area contributed by atoms with Gasteiger partial charge in [0, 0.05) is 19.0 Å². The fourth-order valence-corrected chi connectivity index (χ4v) is 6.20. The number of benzene rings is 2. The minimum absolute atomic E-state index is 0.0889. The summed E-state index contributed by atoms with van der Waals surface area (Å²) in [7, 11) is -3.54. The molecule has 3 aromatic rings. The number of nitrogens with one attached hydrogen (secondary N) is 1. The largest absolute Gasteiger partial charge is 0.302 e. The van der Waals surface area contributed by atoms with Gasteiger partial charge in [0.25, 0.3) is 0 Å². The summed E-state index contributed by atoms with van der Waals surface area (Å²) < 4.78 is 28.5. The lowest BCUT2D eigenvalue weighted by molar-refractivity contribution is -0.120. The second kappa shape index (κ2) is 8.09. The molecule has 1 amide bonds. The fourth-order valence-electron chi connectivity index (χ4n) is 3.67. The summed E-state index contributed by atoms with van der Waals surface area (Å²) in [4.78, 5) is 17.5. The van der Waals surface area contributed by atoms with Crippen molar-refractivity contribution in [2.45, 2.75) is 38.5 Å². The molecule has 8 heteroatoms. The van der Waals surface area contributed by atoms with Crippen molar-refractivity contribution >= 4 is 42.6 Å². The van der Waals surface area contributed by atoms with Crippen LogP contribution in [-0.2, 0) is 14.8 Å². The van der Waals surface area contributed by atoms with Crippen LogP contribution in [0.3, 0.4) is 0 Å². The van der Waals surface area contributed by atoms with E-state index in [9.17, 15) is 13.2 Å². The molecule has 4 rings (SSSR count). The van der Waals surface area contributed by atoms with Crippen molar-refractivity contribution in [3.8, 4) is 0 Å². The first-order chi connectivity index (χ1) is 14.2. The van der Waals surface area contributed by atoms with E-state index in [0.29, 0.717) is 36.0 Å². The summed E-state index contributed by atoms with van der Waals surface area (Å²) in [5.41, 5.74) is 4.04. The van der Waals surface area contributed by atoms with E-state index in [2.05, 4.69) is 16.4 Å². The van der Waals surface area contributed by atoms with E-state index < -0.39 is 10.0 Å². The highest BCUT2D eigenvalue weighted by Crippen LogP contribution is 2.29. The minimum Gasteiger partial charge on any atom is -0.302 e. The molecular formula is C22H25N3O3S2. The van der Waals surface area contributed by atoms with Gasteiger partial charge in [0.15, 0.2) is 5.13 Å². The van der Waals surface area contributed by atoms with Gasteiger partial charge < -0.3 is 5.32 Å². The maximum Gasteiger partial charge on any atom is 0.243 e. The predicted molar refractivity (Wildman–Crippen MR) is 120 cm³/mol. The highest BCUT2D eigenvalue weighted by atomic mass is 32.2. The number of carbonyl (C=O) groups excluding carboxylic acids is 1. The van der Waals surface area contributed by atoms with Gasteiger partial charge in [0.1, 0.15) is 0 Å². The molecule has 0 saturated carbocycles. The smallest absolute Gasteiger partial charge is 0.243 e. The summed E-state index contributed by atoms with van der Waals surface area (Å²) in [6, 6.07) is 11.2. The Kier molecular flexibility index (Phi) is 5.65. The maximum absolute atomic E-state index is 13.0. The van der Waals surface area contributed by atoms with Gasteiger partial charge in [-0.25, -0.2) is 13.4 Å². The van der Waals surface area contributed by atoms with Crippen LogP contribution in [0, 0.1) is 26.7 Å². The molecular weight excluding hydrogens is 418 g/mol. The van der Waals surface area contributed by atoms with Crippen molar-refractivity contribution in [2.24, 2.45) is 5.92 Å². The number of aromatic nitrogens is 1. The zero-order valence-corrected chi connectivity index (χ0v) is 18.9. The highest BCUT2D eigenvalue weighted by molar-refractivity contribution is 7.89. The molecule has 1 fully saturated rings. The molecule has 158 valence electrons. The van der Waals surface area contributed by atoms with E-state index in [1.807, 2.05) is 39.0 Å². The number of hydrogen-bond donors (Lipinski definition) is 1. The number of piperidine rings is 1. The average molecular weight is 444 g/mol. The van der Waals surface area contributed by atoms with Gasteiger partial charge in [-0.05, 0) is 74.6 Å². The predicted octanol–water partition coefficient (Wildman–Crippen LogP) is 4.26. The lowest BCUT2D eigenvalue weighted by Crippen LogP contribution is -2.41. The summed E-state index contributed by atoms with van der Waals surface area (Å²) in [6.45, 7) is 6.58. The number of amides is 1. The Morgan fingerprint density at radius 3 is 2.50 bits per heavy atom. The van der Waals surface area contributed by atoms with Crippen molar-refractivity contribution in [1.29, 1.82) is 0 Å². The van der Waals surface area contributed by atoms with Crippen LogP contribution in [0.4, 0.5) is 5.13 Å². The van der Waals surface area contributed by atoms with Gasteiger partial charge in [0.05, 0.1) is 15.1 Å². The van der Waals surface area contributed by atoms with Gasteiger partial charge in [-0.3, -0.25) is 4.79 Å². The Morgan fingerprint density at radius 1 is 1.07 bits per heavy atom. The van der Waals surface area contributed by atoms with Crippen molar-refractivity contribution in [2.75, 3.05) is 18.4 Å². The number of anilines is 1. The second-order valence-corrected chi connectivity index (χ2v) is 10.9. The molecule has 30 heavy (non-hydrogen) atoms. The number of rotatable bonds is 4. The molecule has 0 aliphatic carbocycles. The number of sulfonamides is 1. The van der Waals surface area contributed by atoms with E-state index in [1.54, 1.807) is 12.1 Å². The first-order valence-corrected chi connectivity index (χ1v) is 12.2. The van der Waals surface area contributed by atoms with Crippen molar-refractivity contribution in [1.82, 2.24) is 9.29 Å². The third kappa shape index (κ3) is 4.12. The third-order valence-electron chi connectivity index (χ3n) is 5.71. The monoisotopic (exact) mass is 443 g/mol. The molecule has 1 saturated heterocycles. The molecule has 1 aliphatic rings. The van der Waals surface area contributed by atoms with E-state index in [0.717, 1.165) is 26.9 Å². The van der Waals surface area contributed by atoms with E-state index >= 15 is 0 Å². The zero-order chi connectivity index (χ0) is 21.5. The molecule has 0 bridgehead atoms. The molecule has 0 atom stereocenters. The number of nitrogens with zero attached hydrogens (tertiary/aromatic N) is 2. The Hall–Kier alpha value is -2.29. The van der Waals surface area contributed by atoms with E-state index in [-0.39, 0.29) is 11.8 Å². The van der Waals surface area contributed by atoms with Gasteiger partial charge >= 0.3 is 0 Å². The van der Waals surface area contributed by atoms with Crippen LogP contribution in [-0.4, -0.2) is 36.7 Å². The number of carbonyl (C=O) groups is 1. The summed E-state index contributed by atoms with van der Waals surface area (Å²) >= 11 is 1.46. The number of thiazole rings is 1. The maximum atomic E-state index is 13.0. The van der Waals surface area contributed by atoms with Crippen LogP contribution < -0.4 is 5.32 Å². The van der Waals surface area contributed by atoms with Crippen molar-refractivity contribution in [3.05, 3.63) is 53.1 Å². The molecule has 0 radical (unpaired) electrons. The van der Waals surface area contributed by atoms with Crippen LogP contribution in [0.2, 0.25) is 0 Å². The summed E-state index contributed by atoms with van der Waals surface area (Å²) in [6.07, 6.45) is 1.000. The average Bonchev–Trinajstić information content (AvgIpc) is 3.11. The molecule has 0 spiro atoms. The lowest BCUT2D eigenvalue weighted by atomic mass is 9.97. The topological polar surface area (TPSA) is 79.4 Å². The highest BCUT2D eigenvalue weighted by Gasteiger charge is 2.32. The molecule has 1 aromatic heterocycles. The summed E-state index contributed by atoms with van der Waals surface area (Å²) in [5, 5.41) is 3.51. The number of aryl methyl sites for hydroxylation is 3. The number of fused-ring (bicyclic) bond motifs is 1. The molecule has 2 heterocycles.